The largest absolute Gasteiger partial charge is 0.496 e. The Balaban J connectivity index is 1.62. The maximum absolute atomic E-state index is 5.65. The third kappa shape index (κ3) is 4.60. The molecule has 6 nitrogen and oxygen atoms in total. The molecule has 1 aromatic heterocycles. The number of nitrogens with one attached hydrogen (secondary N) is 1. The van der Waals surface area contributed by atoms with E-state index in [1.54, 1.807) is 13.3 Å². The second kappa shape index (κ2) is 7.99. The number of aromatic nitrogens is 2. The molecule has 1 N–H and O–H groups in total. The molecule has 0 spiro atoms. The summed E-state index contributed by atoms with van der Waals surface area (Å²) in [6.07, 6.45) is 4.57. The third-order valence-corrected chi connectivity index (χ3v) is 4.62. The van der Waals surface area contributed by atoms with Crippen molar-refractivity contribution in [3.8, 4) is 5.75 Å². The van der Waals surface area contributed by atoms with Crippen molar-refractivity contribution in [2.24, 2.45) is 0 Å². The number of benzene rings is 1. The summed E-state index contributed by atoms with van der Waals surface area (Å²) in [5.41, 5.74) is 2.34. The van der Waals surface area contributed by atoms with E-state index in [-0.39, 0.29) is 6.04 Å². The first-order chi connectivity index (χ1) is 12.1. The Labute approximate surface area is 149 Å². The smallest absolute Gasteiger partial charge is 0.166 e. The molecule has 3 rings (SSSR count). The van der Waals surface area contributed by atoms with Gasteiger partial charge in [0.25, 0.3) is 0 Å². The Morgan fingerprint density at radius 1 is 1.36 bits per heavy atom. The highest BCUT2D eigenvalue weighted by atomic mass is 16.7. The quantitative estimate of drug-likeness (QED) is 0.797. The Morgan fingerprint density at radius 2 is 2.16 bits per heavy atom. The van der Waals surface area contributed by atoms with E-state index in [4.69, 9.17) is 14.2 Å². The first-order valence-electron chi connectivity index (χ1n) is 8.75. The van der Waals surface area contributed by atoms with Crippen LogP contribution in [0.4, 0.5) is 0 Å². The highest BCUT2D eigenvalue weighted by molar-refractivity contribution is 5.38. The van der Waals surface area contributed by atoms with Crippen molar-refractivity contribution in [3.63, 3.8) is 0 Å². The molecule has 0 radical (unpaired) electrons. The van der Waals surface area contributed by atoms with Gasteiger partial charge in [-0.15, -0.1) is 0 Å². The Morgan fingerprint density at radius 3 is 2.84 bits per heavy atom. The van der Waals surface area contributed by atoms with Crippen LogP contribution in [0, 0.1) is 0 Å². The molecule has 0 amide bonds. The molecule has 1 atom stereocenters. The van der Waals surface area contributed by atoms with Crippen LogP contribution in [0.5, 0.6) is 5.75 Å². The van der Waals surface area contributed by atoms with Crippen LogP contribution in [0.25, 0.3) is 0 Å². The maximum Gasteiger partial charge on any atom is 0.166 e. The summed E-state index contributed by atoms with van der Waals surface area (Å²) < 4.78 is 18.7. The van der Waals surface area contributed by atoms with Crippen LogP contribution < -0.4 is 10.1 Å². The fraction of sp³-hybridized carbons (Fsp3) is 0.526. The molecule has 0 aliphatic carbocycles. The molecule has 25 heavy (non-hydrogen) atoms. The molecular formula is C19H27N3O3. The molecule has 1 aliphatic heterocycles. The summed E-state index contributed by atoms with van der Waals surface area (Å²) in [6.45, 7) is 7.05. The van der Waals surface area contributed by atoms with E-state index in [0.29, 0.717) is 19.8 Å². The molecular weight excluding hydrogens is 318 g/mol. The van der Waals surface area contributed by atoms with Gasteiger partial charge in [-0.3, -0.25) is 4.68 Å². The van der Waals surface area contributed by atoms with Crippen LogP contribution in [0.3, 0.4) is 0 Å². The summed E-state index contributed by atoms with van der Waals surface area (Å²) in [5.74, 6) is 0.435. The zero-order valence-corrected chi connectivity index (χ0v) is 15.2. The van der Waals surface area contributed by atoms with E-state index in [1.807, 2.05) is 29.9 Å². The van der Waals surface area contributed by atoms with E-state index in [9.17, 15) is 0 Å². The van der Waals surface area contributed by atoms with Crippen LogP contribution in [0.2, 0.25) is 0 Å². The monoisotopic (exact) mass is 345 g/mol. The molecule has 1 aliphatic rings. The lowest BCUT2D eigenvalue weighted by atomic mass is 10.0. The number of ether oxygens (including phenoxy) is 3. The third-order valence-electron chi connectivity index (χ3n) is 4.62. The fourth-order valence-corrected chi connectivity index (χ4v) is 3.09. The van der Waals surface area contributed by atoms with E-state index in [1.165, 1.54) is 5.56 Å². The van der Waals surface area contributed by atoms with Gasteiger partial charge in [0, 0.05) is 37.0 Å². The molecule has 6 heteroatoms. The van der Waals surface area contributed by atoms with Crippen LogP contribution in [-0.4, -0.2) is 42.4 Å². The Bertz CT molecular complexity index is 667. The SMILES string of the molecule is COc1ccc([C@H](C)NCCC2(C)OCCO2)cc1Cn1cccn1. The zero-order valence-electron chi connectivity index (χ0n) is 15.2. The van der Waals surface area contributed by atoms with Crippen molar-refractivity contribution in [3.05, 3.63) is 47.8 Å². The number of nitrogens with zero attached hydrogens (tertiary/aromatic N) is 2. The molecule has 2 aromatic rings. The van der Waals surface area contributed by atoms with Gasteiger partial charge in [0.05, 0.1) is 26.9 Å². The maximum atomic E-state index is 5.65. The van der Waals surface area contributed by atoms with Gasteiger partial charge in [-0.25, -0.2) is 0 Å². The lowest BCUT2D eigenvalue weighted by Gasteiger charge is -2.24. The second-order valence-electron chi connectivity index (χ2n) is 6.53. The molecule has 2 heterocycles. The van der Waals surface area contributed by atoms with Gasteiger partial charge in [0.1, 0.15) is 5.75 Å². The first-order valence-corrected chi connectivity index (χ1v) is 8.75. The van der Waals surface area contributed by atoms with Gasteiger partial charge in [-0.1, -0.05) is 6.07 Å². The van der Waals surface area contributed by atoms with Crippen molar-refractivity contribution in [2.75, 3.05) is 26.9 Å². The molecule has 0 bridgehead atoms. The van der Waals surface area contributed by atoms with Crippen LogP contribution >= 0.6 is 0 Å². The Kier molecular flexibility index (Phi) is 5.73. The molecule has 0 saturated carbocycles. The van der Waals surface area contributed by atoms with Gasteiger partial charge < -0.3 is 19.5 Å². The van der Waals surface area contributed by atoms with Gasteiger partial charge in [-0.2, -0.15) is 5.10 Å². The van der Waals surface area contributed by atoms with Crippen molar-refractivity contribution < 1.29 is 14.2 Å². The lowest BCUT2D eigenvalue weighted by molar-refractivity contribution is -0.145. The van der Waals surface area contributed by atoms with E-state index < -0.39 is 5.79 Å². The Hall–Kier alpha value is -1.89. The highest BCUT2D eigenvalue weighted by Crippen LogP contribution is 2.25. The summed E-state index contributed by atoms with van der Waals surface area (Å²) in [7, 11) is 1.70. The predicted molar refractivity (Wildman–Crippen MR) is 95.7 cm³/mol. The van der Waals surface area contributed by atoms with Crippen LogP contribution in [0.15, 0.2) is 36.7 Å². The van der Waals surface area contributed by atoms with Crippen molar-refractivity contribution in [1.29, 1.82) is 0 Å². The second-order valence-corrected chi connectivity index (χ2v) is 6.53. The highest BCUT2D eigenvalue weighted by Gasteiger charge is 2.30. The van der Waals surface area contributed by atoms with Gasteiger partial charge in [-0.05, 0) is 37.6 Å². The molecule has 1 aromatic carbocycles. The molecule has 1 fully saturated rings. The summed E-state index contributed by atoms with van der Waals surface area (Å²) in [5, 5.41) is 7.83. The predicted octanol–water partition coefficient (Wildman–Crippen LogP) is 2.74. The number of hydrogen-bond acceptors (Lipinski definition) is 5. The summed E-state index contributed by atoms with van der Waals surface area (Å²) >= 11 is 0. The minimum atomic E-state index is -0.447. The van der Waals surface area contributed by atoms with Gasteiger partial charge in [0.15, 0.2) is 5.79 Å². The number of rotatable bonds is 8. The average Bonchev–Trinajstić information content (AvgIpc) is 3.27. The van der Waals surface area contributed by atoms with Crippen molar-refractivity contribution in [2.45, 2.75) is 38.6 Å². The summed E-state index contributed by atoms with van der Waals surface area (Å²) in [6, 6.07) is 8.47. The van der Waals surface area contributed by atoms with Crippen molar-refractivity contribution >= 4 is 0 Å². The van der Waals surface area contributed by atoms with E-state index in [2.05, 4.69) is 29.5 Å². The zero-order chi connectivity index (χ0) is 17.7. The lowest BCUT2D eigenvalue weighted by Crippen LogP contribution is -2.32. The minimum Gasteiger partial charge on any atom is -0.496 e. The first kappa shape index (κ1) is 17.9. The molecule has 0 unspecified atom stereocenters. The topological polar surface area (TPSA) is 57.5 Å². The van der Waals surface area contributed by atoms with Gasteiger partial charge in [0.2, 0.25) is 0 Å². The number of methoxy groups -OCH3 is 1. The van der Waals surface area contributed by atoms with Crippen LogP contribution in [0.1, 0.15) is 37.4 Å². The minimum absolute atomic E-state index is 0.229. The van der Waals surface area contributed by atoms with Gasteiger partial charge >= 0.3 is 0 Å². The van der Waals surface area contributed by atoms with Crippen molar-refractivity contribution in [1.82, 2.24) is 15.1 Å². The number of hydrogen-bond donors (Lipinski definition) is 1. The standard InChI is InChI=1S/C19H27N3O3/c1-15(20-9-7-19(2)24-11-12-25-19)16-5-6-18(23-3)17(13-16)14-22-10-4-8-21-22/h4-6,8,10,13,15,20H,7,9,11-12,14H2,1-3H3/t15-/m0/s1. The molecule has 1 saturated heterocycles. The fourth-order valence-electron chi connectivity index (χ4n) is 3.09. The summed E-state index contributed by atoms with van der Waals surface area (Å²) in [4.78, 5) is 0. The normalized spacial score (nSPS) is 17.6. The van der Waals surface area contributed by atoms with E-state index in [0.717, 1.165) is 24.3 Å². The van der Waals surface area contributed by atoms with Crippen LogP contribution in [-0.2, 0) is 16.0 Å². The molecule has 136 valence electrons. The average molecular weight is 345 g/mol. The van der Waals surface area contributed by atoms with E-state index >= 15 is 0 Å².